The molecule has 0 fully saturated rings. The van der Waals surface area contributed by atoms with E-state index < -0.39 is 28.7 Å². The van der Waals surface area contributed by atoms with Crippen LogP contribution in [-0.4, -0.2) is 39.3 Å². The average Bonchev–Trinajstić information content (AvgIpc) is 3.25. The van der Waals surface area contributed by atoms with E-state index in [1.165, 1.54) is 24.3 Å². The Labute approximate surface area is 199 Å². The largest absolute Gasteiger partial charge is 0.417 e. The second-order valence-corrected chi connectivity index (χ2v) is 7.56. The summed E-state index contributed by atoms with van der Waals surface area (Å²) in [5, 5.41) is 19.6. The van der Waals surface area contributed by atoms with Crippen LogP contribution in [0.5, 0.6) is 0 Å². The highest BCUT2D eigenvalue weighted by atomic mass is 35.5. The second-order valence-electron chi connectivity index (χ2n) is 6.74. The second kappa shape index (κ2) is 10.5. The van der Waals surface area contributed by atoms with Gasteiger partial charge in [-0.05, 0) is 30.4 Å². The molecule has 2 aromatic rings. The molecule has 0 radical (unpaired) electrons. The topological polar surface area (TPSA) is 143 Å². The van der Waals surface area contributed by atoms with Gasteiger partial charge in [-0.2, -0.15) is 13.2 Å². The van der Waals surface area contributed by atoms with Gasteiger partial charge >= 0.3 is 6.18 Å². The molecule has 3 rings (SSSR count). The van der Waals surface area contributed by atoms with Crippen molar-refractivity contribution >= 4 is 57.7 Å². The van der Waals surface area contributed by atoms with Crippen molar-refractivity contribution in [3.8, 4) is 0 Å². The summed E-state index contributed by atoms with van der Waals surface area (Å²) in [5.41, 5.74) is 4.23. The number of hydrogen-bond donors (Lipinski definition) is 4. The summed E-state index contributed by atoms with van der Waals surface area (Å²) in [6, 6.07) is 6.21. The SMILES string of the molecule is O=C(NNC(=S)Nc1ccc([N+](=O)[O-])cc1)C1=NO[C@H](CNc2ncc(C(F)(F)F)cc2Cl)C1. The standard InChI is InChI=1S/C18H15ClF3N7O4S/c19-13-5-9(18(20,21)22)7-23-15(13)24-8-12-6-14(28-33-12)16(30)26-27-17(34)25-10-1-3-11(4-2-10)29(31)32/h1-5,7,12H,6,8H2,(H,23,24)(H,26,30)(H2,25,27,34)/t12-/m0/s1. The maximum atomic E-state index is 12.7. The summed E-state index contributed by atoms with van der Waals surface area (Å²) in [7, 11) is 0. The lowest BCUT2D eigenvalue weighted by Gasteiger charge is -2.13. The molecular weight excluding hydrogens is 503 g/mol. The van der Waals surface area contributed by atoms with Gasteiger partial charge < -0.3 is 15.5 Å². The van der Waals surface area contributed by atoms with E-state index in [1.807, 2.05) is 0 Å². The molecule has 1 aromatic heterocycles. The Morgan fingerprint density at radius 1 is 1.29 bits per heavy atom. The third-order valence-electron chi connectivity index (χ3n) is 4.29. The van der Waals surface area contributed by atoms with Crippen LogP contribution in [0.4, 0.5) is 30.4 Å². The lowest BCUT2D eigenvalue weighted by atomic mass is 10.1. The molecule has 1 atom stereocenters. The number of rotatable bonds is 6. The first kappa shape index (κ1) is 24.9. The fraction of sp³-hybridized carbons (Fsp3) is 0.222. The van der Waals surface area contributed by atoms with Crippen molar-refractivity contribution in [2.45, 2.75) is 18.7 Å². The Morgan fingerprint density at radius 3 is 2.62 bits per heavy atom. The molecule has 11 nitrogen and oxygen atoms in total. The molecule has 0 aliphatic carbocycles. The lowest BCUT2D eigenvalue weighted by Crippen LogP contribution is -2.46. The zero-order valence-electron chi connectivity index (χ0n) is 16.9. The van der Waals surface area contributed by atoms with Crippen LogP contribution in [0.1, 0.15) is 12.0 Å². The number of nitrogens with one attached hydrogen (secondary N) is 4. The molecule has 0 unspecified atom stereocenters. The quantitative estimate of drug-likeness (QED) is 0.258. The van der Waals surface area contributed by atoms with Crippen LogP contribution in [0.2, 0.25) is 5.02 Å². The van der Waals surface area contributed by atoms with Crippen molar-refractivity contribution in [3.05, 3.63) is 57.2 Å². The lowest BCUT2D eigenvalue weighted by molar-refractivity contribution is -0.384. The molecule has 180 valence electrons. The van der Waals surface area contributed by atoms with E-state index in [2.05, 4.69) is 31.6 Å². The predicted octanol–water partition coefficient (Wildman–Crippen LogP) is 3.24. The van der Waals surface area contributed by atoms with Crippen molar-refractivity contribution in [1.29, 1.82) is 0 Å². The van der Waals surface area contributed by atoms with Gasteiger partial charge in [0.1, 0.15) is 11.5 Å². The molecule has 1 aliphatic heterocycles. The van der Waals surface area contributed by atoms with Crippen LogP contribution in [0.25, 0.3) is 0 Å². The zero-order chi connectivity index (χ0) is 24.9. The summed E-state index contributed by atoms with van der Waals surface area (Å²) < 4.78 is 38.0. The number of nitrogens with zero attached hydrogens (tertiary/aromatic N) is 3. The number of benzene rings is 1. The number of alkyl halides is 3. The van der Waals surface area contributed by atoms with Gasteiger partial charge in [0.15, 0.2) is 11.2 Å². The third kappa shape index (κ3) is 6.64. The Bertz CT molecular complexity index is 1130. The molecule has 4 N–H and O–H groups in total. The monoisotopic (exact) mass is 517 g/mol. The van der Waals surface area contributed by atoms with E-state index in [-0.39, 0.29) is 40.3 Å². The Hall–Kier alpha value is -3.72. The van der Waals surface area contributed by atoms with Crippen molar-refractivity contribution in [1.82, 2.24) is 15.8 Å². The van der Waals surface area contributed by atoms with Gasteiger partial charge in [-0.25, -0.2) is 4.98 Å². The van der Waals surface area contributed by atoms with Crippen LogP contribution in [0, 0.1) is 10.1 Å². The number of amides is 1. The van der Waals surface area contributed by atoms with Crippen molar-refractivity contribution in [2.75, 3.05) is 17.2 Å². The smallest absolute Gasteiger partial charge is 0.390 e. The predicted molar refractivity (Wildman–Crippen MR) is 120 cm³/mol. The minimum atomic E-state index is -4.56. The number of thiocarbonyl (C=S) groups is 1. The number of pyridine rings is 1. The van der Waals surface area contributed by atoms with Crippen LogP contribution in [-0.2, 0) is 15.8 Å². The highest BCUT2D eigenvalue weighted by molar-refractivity contribution is 7.80. The number of nitro groups is 1. The summed E-state index contributed by atoms with van der Waals surface area (Å²) in [5.74, 6) is -0.596. The fourth-order valence-electron chi connectivity index (χ4n) is 2.62. The third-order valence-corrected chi connectivity index (χ3v) is 4.78. The number of hydrazine groups is 1. The number of aromatic nitrogens is 1. The molecular formula is C18H15ClF3N7O4S. The van der Waals surface area contributed by atoms with Crippen molar-refractivity contribution in [3.63, 3.8) is 0 Å². The van der Waals surface area contributed by atoms with E-state index in [9.17, 15) is 28.1 Å². The highest BCUT2D eigenvalue weighted by Crippen LogP contribution is 2.32. The van der Waals surface area contributed by atoms with E-state index in [4.69, 9.17) is 28.7 Å². The Morgan fingerprint density at radius 2 is 2.00 bits per heavy atom. The number of anilines is 2. The molecule has 0 spiro atoms. The van der Waals surface area contributed by atoms with Crippen LogP contribution in [0.3, 0.4) is 0 Å². The van der Waals surface area contributed by atoms with Gasteiger partial charge in [0, 0.05) is 30.4 Å². The molecule has 0 saturated carbocycles. The highest BCUT2D eigenvalue weighted by Gasteiger charge is 2.32. The van der Waals surface area contributed by atoms with Crippen molar-refractivity contribution in [2.24, 2.45) is 5.16 Å². The molecule has 1 aliphatic rings. The van der Waals surface area contributed by atoms with E-state index in [0.717, 1.165) is 6.07 Å². The number of oxime groups is 1. The van der Waals surface area contributed by atoms with Crippen LogP contribution < -0.4 is 21.5 Å². The number of non-ortho nitro benzene ring substituents is 1. The maximum Gasteiger partial charge on any atom is 0.417 e. The first-order chi connectivity index (χ1) is 16.0. The zero-order valence-corrected chi connectivity index (χ0v) is 18.4. The summed E-state index contributed by atoms with van der Waals surface area (Å²) >= 11 is 10.9. The fourth-order valence-corrected chi connectivity index (χ4v) is 3.02. The van der Waals surface area contributed by atoms with Crippen LogP contribution >= 0.6 is 23.8 Å². The van der Waals surface area contributed by atoms with Gasteiger partial charge in [0.2, 0.25) is 0 Å². The van der Waals surface area contributed by atoms with E-state index in [0.29, 0.717) is 11.9 Å². The molecule has 0 saturated heterocycles. The van der Waals surface area contributed by atoms with Gasteiger partial charge in [-0.3, -0.25) is 25.8 Å². The molecule has 2 heterocycles. The average molecular weight is 518 g/mol. The number of nitro benzene ring substituents is 1. The first-order valence-corrected chi connectivity index (χ1v) is 10.1. The first-order valence-electron chi connectivity index (χ1n) is 9.34. The Kier molecular flexibility index (Phi) is 7.68. The van der Waals surface area contributed by atoms with Gasteiger partial charge in [0.25, 0.3) is 11.6 Å². The van der Waals surface area contributed by atoms with Gasteiger partial charge in [-0.15, -0.1) is 0 Å². The van der Waals surface area contributed by atoms with Gasteiger partial charge in [0.05, 0.1) is 22.1 Å². The summed E-state index contributed by atoms with van der Waals surface area (Å²) in [6.45, 7) is 0.0753. The van der Waals surface area contributed by atoms with E-state index >= 15 is 0 Å². The molecule has 1 amide bonds. The van der Waals surface area contributed by atoms with Gasteiger partial charge in [-0.1, -0.05) is 16.8 Å². The molecule has 16 heteroatoms. The normalized spacial score (nSPS) is 15.1. The summed E-state index contributed by atoms with van der Waals surface area (Å²) in [6.07, 6.45) is -4.40. The molecule has 1 aromatic carbocycles. The molecule has 34 heavy (non-hydrogen) atoms. The number of hydrogen-bond acceptors (Lipinski definition) is 8. The number of carbonyl (C=O) groups is 1. The summed E-state index contributed by atoms with van der Waals surface area (Å²) in [4.78, 5) is 31.1. The Balaban J connectivity index is 1.42. The van der Waals surface area contributed by atoms with Crippen molar-refractivity contribution < 1.29 is 27.7 Å². The maximum absolute atomic E-state index is 12.7. The minimum absolute atomic E-state index is 0.0166. The number of halogens is 4. The number of carbonyl (C=O) groups excluding carboxylic acids is 1. The van der Waals surface area contributed by atoms with Crippen LogP contribution in [0.15, 0.2) is 41.7 Å². The minimum Gasteiger partial charge on any atom is -0.390 e. The van der Waals surface area contributed by atoms with E-state index in [1.54, 1.807) is 0 Å². The molecule has 0 bridgehead atoms.